The van der Waals surface area contributed by atoms with Crippen LogP contribution in [0.15, 0.2) is 60.2 Å². The molecule has 26 heavy (non-hydrogen) atoms. The van der Waals surface area contributed by atoms with Gasteiger partial charge in [-0.25, -0.2) is 9.59 Å². The van der Waals surface area contributed by atoms with E-state index in [4.69, 9.17) is 9.84 Å². The molecule has 0 bridgehead atoms. The number of rotatable bonds is 7. The number of carbonyl (C=O) groups excluding carboxylic acids is 1. The Hall–Kier alpha value is -0.990. The van der Waals surface area contributed by atoms with Crippen LogP contribution in [0, 0.1) is 0 Å². The summed E-state index contributed by atoms with van der Waals surface area (Å²) in [5, 5.41) is 17.9. The van der Waals surface area contributed by atoms with Crippen molar-refractivity contribution in [2.24, 2.45) is 0 Å². The number of benzene rings is 1. The Morgan fingerprint density at radius 2 is 1.77 bits per heavy atom. The van der Waals surface area contributed by atoms with Gasteiger partial charge in [0.25, 0.3) is 0 Å². The van der Waals surface area contributed by atoms with E-state index in [2.05, 4.69) is 0 Å². The van der Waals surface area contributed by atoms with E-state index in [1.807, 2.05) is 30.3 Å². The van der Waals surface area contributed by atoms with Gasteiger partial charge >= 0.3 is 11.9 Å². The predicted octanol–water partition coefficient (Wildman–Crippen LogP) is 1.32. The average Bonchev–Trinajstić information content (AvgIpc) is 2.59. The number of ketones is 1. The molecule has 126 valence electrons. The summed E-state index contributed by atoms with van der Waals surface area (Å²) in [4.78, 5) is 34.1. The molecule has 2 radical (unpaired) electrons. The van der Waals surface area contributed by atoms with Crippen LogP contribution in [0.2, 0.25) is 0 Å². The maximum Gasteiger partial charge on any atom is 0.340 e. The van der Waals surface area contributed by atoms with Crippen molar-refractivity contribution in [3.05, 3.63) is 65.8 Å². The predicted molar refractivity (Wildman–Crippen MR) is 97.8 cm³/mol. The molecular weight excluding hydrogens is 358 g/mol. The monoisotopic (exact) mass is 374 g/mol. The first-order valence-electron chi connectivity index (χ1n) is 7.19. The van der Waals surface area contributed by atoms with Crippen molar-refractivity contribution in [3.63, 3.8) is 0 Å². The maximum atomic E-state index is 12.1. The third-order valence-corrected chi connectivity index (χ3v) is 3.48. The van der Waals surface area contributed by atoms with E-state index in [0.29, 0.717) is 5.57 Å². The Labute approximate surface area is 195 Å². The van der Waals surface area contributed by atoms with Gasteiger partial charge in [0.15, 0.2) is 11.4 Å². The molecule has 0 saturated carbocycles. The second-order valence-electron chi connectivity index (χ2n) is 5.18. The number of carboxylic acids is 2. The van der Waals surface area contributed by atoms with Crippen LogP contribution in [-0.4, -0.2) is 99.3 Å². The van der Waals surface area contributed by atoms with Crippen LogP contribution in [0.5, 0.6) is 0 Å². The molecule has 0 heterocycles. The fourth-order valence-corrected chi connectivity index (χ4v) is 2.15. The molecule has 1 unspecified atom stereocenters. The van der Waals surface area contributed by atoms with Crippen LogP contribution in [0.4, 0.5) is 0 Å². The first-order valence-corrected chi connectivity index (χ1v) is 7.19. The summed E-state index contributed by atoms with van der Waals surface area (Å²) in [5.74, 6) is -2.84. The van der Waals surface area contributed by atoms with Crippen molar-refractivity contribution in [1.29, 1.82) is 0 Å². The fourth-order valence-electron chi connectivity index (χ4n) is 2.15. The van der Waals surface area contributed by atoms with E-state index < -0.39 is 24.1 Å². The van der Waals surface area contributed by atoms with Crippen LogP contribution in [0.25, 0.3) is 6.08 Å². The van der Waals surface area contributed by atoms with E-state index >= 15 is 0 Å². The number of hydrogen-bond acceptors (Lipinski definition) is 4. The topological polar surface area (TPSA) is 101 Å². The molecule has 0 fully saturated rings. The van der Waals surface area contributed by atoms with Gasteiger partial charge < -0.3 is 14.9 Å². The number of hydrogen-bond donors (Lipinski definition) is 2. The molecule has 2 rings (SSSR count). The smallest absolute Gasteiger partial charge is 0.340 e. The van der Waals surface area contributed by atoms with Gasteiger partial charge in [-0.05, 0) is 17.7 Å². The minimum atomic E-state index is -1.76. The van der Waals surface area contributed by atoms with Crippen molar-refractivity contribution < 1.29 is 29.3 Å². The molecule has 0 spiro atoms. The molecule has 2 N–H and O–H groups in total. The molecule has 1 aliphatic carbocycles. The number of allylic oxidation sites excluding steroid dienone is 3. The van der Waals surface area contributed by atoms with Crippen LogP contribution >= 0.6 is 0 Å². The number of ether oxygens (including phenoxy) is 1. The first kappa shape index (κ1) is 25.0. The molecule has 1 aromatic rings. The van der Waals surface area contributed by atoms with Gasteiger partial charge in [-0.1, -0.05) is 48.6 Å². The van der Waals surface area contributed by atoms with Gasteiger partial charge in [0.05, 0.1) is 0 Å². The molecule has 0 aliphatic heterocycles. The molecule has 6 nitrogen and oxygen atoms in total. The van der Waals surface area contributed by atoms with Crippen LogP contribution in [0.1, 0.15) is 12.0 Å². The van der Waals surface area contributed by atoms with E-state index in [1.54, 1.807) is 6.08 Å². The zero-order valence-electron chi connectivity index (χ0n) is 14.7. The Bertz CT molecular complexity index is 739. The summed E-state index contributed by atoms with van der Waals surface area (Å²) in [6.45, 7) is -0.734. The number of carbonyl (C=O) groups is 3. The summed E-state index contributed by atoms with van der Waals surface area (Å²) in [6.07, 6.45) is 6.94. The second-order valence-corrected chi connectivity index (χ2v) is 5.18. The summed E-state index contributed by atoms with van der Waals surface area (Å²) in [6, 6.07) is 9.28. The van der Waals surface area contributed by atoms with E-state index in [9.17, 15) is 19.5 Å². The minimum Gasteiger partial charge on any atom is -0.480 e. The minimum absolute atomic E-state index is 0. The van der Waals surface area contributed by atoms with E-state index in [-0.39, 0.29) is 71.3 Å². The Balaban J connectivity index is 0.00000312. The number of carboxylic acid groups (broad SMARTS) is 2. The van der Waals surface area contributed by atoms with Crippen LogP contribution in [0.3, 0.4) is 0 Å². The average molecular weight is 374 g/mol. The molecule has 1 atom stereocenters. The zero-order chi connectivity index (χ0) is 17.6. The van der Waals surface area contributed by atoms with Crippen molar-refractivity contribution in [3.8, 4) is 0 Å². The standard InChI is InChI=1S/C18H16O6.2Na/c19-15(7-6-13-4-2-1-3-5-13)14-8-10-18(11-9-14,17(22)23)24-12-16(20)21;;/h1-10H,11-12H2,(H,20,21)(H,22,23);;. The van der Waals surface area contributed by atoms with Gasteiger partial charge in [-0.3, -0.25) is 4.79 Å². The van der Waals surface area contributed by atoms with E-state index in [0.717, 1.165) is 5.56 Å². The van der Waals surface area contributed by atoms with Crippen molar-refractivity contribution in [2.45, 2.75) is 12.0 Å². The van der Waals surface area contributed by atoms with Gasteiger partial charge in [0, 0.05) is 71.1 Å². The zero-order valence-corrected chi connectivity index (χ0v) is 18.7. The maximum absolute atomic E-state index is 12.1. The Morgan fingerprint density at radius 3 is 2.27 bits per heavy atom. The van der Waals surface area contributed by atoms with Crippen molar-refractivity contribution >= 4 is 82.9 Å². The summed E-state index contributed by atoms with van der Waals surface area (Å²) >= 11 is 0. The van der Waals surface area contributed by atoms with Crippen LogP contribution < -0.4 is 0 Å². The molecule has 0 aromatic heterocycles. The third kappa shape index (κ3) is 6.96. The Kier molecular flexibility index (Phi) is 11.2. The molecular formula is C18H16Na2O6. The summed E-state index contributed by atoms with van der Waals surface area (Å²) in [5.41, 5.74) is -0.556. The summed E-state index contributed by atoms with van der Waals surface area (Å²) in [7, 11) is 0. The van der Waals surface area contributed by atoms with Gasteiger partial charge in [0.1, 0.15) is 6.61 Å². The molecule has 1 aliphatic rings. The molecule has 1 aromatic carbocycles. The summed E-state index contributed by atoms with van der Waals surface area (Å²) < 4.78 is 4.99. The van der Waals surface area contributed by atoms with E-state index in [1.165, 1.54) is 24.3 Å². The van der Waals surface area contributed by atoms with Crippen LogP contribution in [-0.2, 0) is 19.1 Å². The molecule has 8 heteroatoms. The normalized spacial score (nSPS) is 18.4. The largest absolute Gasteiger partial charge is 0.480 e. The Morgan fingerprint density at radius 1 is 1.12 bits per heavy atom. The fraction of sp³-hybridized carbons (Fsp3) is 0.167. The first-order chi connectivity index (χ1) is 11.4. The SMILES string of the molecule is O=C(O)COC1(C(=O)O)C=CC(C(=O)C=Cc2ccccc2)=CC1.[Na].[Na]. The van der Waals surface area contributed by atoms with Crippen molar-refractivity contribution in [2.75, 3.05) is 6.61 Å². The molecule has 0 amide bonds. The van der Waals surface area contributed by atoms with Gasteiger partial charge in [0.2, 0.25) is 0 Å². The van der Waals surface area contributed by atoms with Gasteiger partial charge in [-0.2, -0.15) is 0 Å². The van der Waals surface area contributed by atoms with Crippen molar-refractivity contribution in [1.82, 2.24) is 0 Å². The number of aliphatic carboxylic acids is 2. The molecule has 0 saturated heterocycles. The second kappa shape index (κ2) is 11.7. The quantitative estimate of drug-likeness (QED) is 0.551. The third-order valence-electron chi connectivity index (χ3n) is 3.48. The van der Waals surface area contributed by atoms with Gasteiger partial charge in [-0.15, -0.1) is 0 Å².